The van der Waals surface area contributed by atoms with Gasteiger partial charge in [0.2, 0.25) is 0 Å². The minimum atomic E-state index is -1.40. The van der Waals surface area contributed by atoms with Gasteiger partial charge in [0.1, 0.15) is 16.7 Å². The Bertz CT molecular complexity index is 1180. The smallest absolute Gasteiger partial charge is 0.150 e. The Labute approximate surface area is 197 Å². The summed E-state index contributed by atoms with van der Waals surface area (Å²) in [7, 11) is 0.760. The summed E-state index contributed by atoms with van der Waals surface area (Å²) in [5.41, 5.74) is 3.59. The van der Waals surface area contributed by atoms with Crippen LogP contribution >= 0.6 is 11.6 Å². The first-order chi connectivity index (χ1) is 15.5. The number of anilines is 2. The van der Waals surface area contributed by atoms with E-state index in [0.29, 0.717) is 23.3 Å². The first-order valence-electron chi connectivity index (χ1n) is 10.7. The third-order valence-corrected chi connectivity index (χ3v) is 6.93. The molecule has 1 aromatic heterocycles. The fourth-order valence-corrected chi connectivity index (χ4v) is 4.83. The molecule has 1 atom stereocenters. The number of halogens is 1. The Kier molecular flexibility index (Phi) is 7.21. The number of nitrogens with zero attached hydrogens (tertiary/aromatic N) is 2. The van der Waals surface area contributed by atoms with Gasteiger partial charge >= 0.3 is 0 Å². The van der Waals surface area contributed by atoms with Crippen LogP contribution in [0.25, 0.3) is 10.9 Å². The van der Waals surface area contributed by atoms with Crippen LogP contribution in [0.3, 0.4) is 0 Å². The predicted molar refractivity (Wildman–Crippen MR) is 137 cm³/mol. The fraction of sp³-hybridized carbons (Fsp3) is 0.280. The van der Waals surface area contributed by atoms with Gasteiger partial charge in [0.25, 0.3) is 0 Å². The number of piperidine rings is 1. The summed E-state index contributed by atoms with van der Waals surface area (Å²) in [5.74, 6) is 6.33. The van der Waals surface area contributed by atoms with Gasteiger partial charge in [-0.05, 0) is 81.4 Å². The van der Waals surface area contributed by atoms with Crippen molar-refractivity contribution < 1.29 is 4.21 Å². The molecule has 0 radical (unpaired) electrons. The zero-order valence-electron chi connectivity index (χ0n) is 18.1. The third-order valence-electron chi connectivity index (χ3n) is 5.64. The molecule has 1 aliphatic heterocycles. The Hall–Kier alpha value is -2.72. The van der Waals surface area contributed by atoms with E-state index in [1.807, 2.05) is 42.5 Å². The average Bonchev–Trinajstić information content (AvgIpc) is 3.18. The summed E-state index contributed by atoms with van der Waals surface area (Å²) in [6.07, 6.45) is 2.21. The van der Waals surface area contributed by atoms with Crippen molar-refractivity contribution in [2.75, 3.05) is 37.3 Å². The number of aromatic nitrogens is 1. The van der Waals surface area contributed by atoms with Gasteiger partial charge in [0, 0.05) is 33.2 Å². The summed E-state index contributed by atoms with van der Waals surface area (Å²) < 4.78 is 14.5. The van der Waals surface area contributed by atoms with Gasteiger partial charge in [0.15, 0.2) is 0 Å². The lowest BCUT2D eigenvalue weighted by Gasteiger charge is -2.30. The largest absolute Gasteiger partial charge is 0.382 e. The van der Waals surface area contributed by atoms with Crippen molar-refractivity contribution in [2.45, 2.75) is 18.9 Å². The predicted octanol–water partition coefficient (Wildman–Crippen LogP) is 4.92. The molecule has 32 heavy (non-hydrogen) atoms. The maximum atomic E-state index is 12.8. The van der Waals surface area contributed by atoms with Gasteiger partial charge in [-0.25, -0.2) is 8.18 Å². The molecule has 0 spiro atoms. The van der Waals surface area contributed by atoms with E-state index in [2.05, 4.69) is 47.1 Å². The SMILES string of the molecule is C=CS(=O)n1c(C#CCNc2ccc(Cl)cc2)cc2c(NC3CCN(C)CC3)cccc21. The minimum absolute atomic E-state index is 0.433. The highest BCUT2D eigenvalue weighted by Gasteiger charge is 2.19. The second kappa shape index (κ2) is 10.3. The molecule has 166 valence electrons. The molecule has 2 heterocycles. The number of hydrogen-bond donors (Lipinski definition) is 2. The van der Waals surface area contributed by atoms with Crippen LogP contribution in [0.2, 0.25) is 5.02 Å². The summed E-state index contributed by atoms with van der Waals surface area (Å²) in [5, 5.41) is 10.1. The van der Waals surface area contributed by atoms with Crippen molar-refractivity contribution in [2.24, 2.45) is 0 Å². The minimum Gasteiger partial charge on any atom is -0.382 e. The van der Waals surface area contributed by atoms with Crippen molar-refractivity contribution >= 4 is 44.9 Å². The Morgan fingerprint density at radius 3 is 2.69 bits per heavy atom. The van der Waals surface area contributed by atoms with Gasteiger partial charge < -0.3 is 15.5 Å². The molecule has 7 heteroatoms. The van der Waals surface area contributed by atoms with Crippen molar-refractivity contribution in [3.63, 3.8) is 0 Å². The molecule has 0 bridgehead atoms. The molecule has 3 aromatic rings. The standard InChI is InChI=1S/C25H27ClN4OS/c1-3-32(31)30-22(6-5-15-27-20-11-9-19(26)10-12-20)18-23-24(7-4-8-25(23)30)28-21-13-16-29(2)17-14-21/h3-4,7-12,18,21,27-28H,1,13-17H2,2H3. The van der Waals surface area contributed by atoms with Crippen LogP contribution in [-0.2, 0) is 11.0 Å². The first kappa shape index (κ1) is 22.5. The number of nitrogens with one attached hydrogen (secondary N) is 2. The lowest BCUT2D eigenvalue weighted by molar-refractivity contribution is 0.264. The fourth-order valence-electron chi connectivity index (χ4n) is 3.91. The number of fused-ring (bicyclic) bond motifs is 1. The van der Waals surface area contributed by atoms with Gasteiger partial charge in [-0.15, -0.1) is 0 Å². The quantitative estimate of drug-likeness (QED) is 0.506. The van der Waals surface area contributed by atoms with Crippen LogP contribution in [0.5, 0.6) is 0 Å². The molecule has 2 N–H and O–H groups in total. The molecule has 4 rings (SSSR count). The van der Waals surface area contributed by atoms with Crippen LogP contribution in [0, 0.1) is 11.8 Å². The van der Waals surface area contributed by atoms with Crippen LogP contribution in [0.1, 0.15) is 18.5 Å². The topological polar surface area (TPSA) is 49.3 Å². The Balaban J connectivity index is 1.59. The summed E-state index contributed by atoms with van der Waals surface area (Å²) in [6.45, 7) is 6.36. The molecular formula is C25H27ClN4OS. The highest BCUT2D eigenvalue weighted by Crippen LogP contribution is 2.29. The van der Waals surface area contributed by atoms with Gasteiger partial charge in [-0.1, -0.05) is 30.2 Å². The molecule has 5 nitrogen and oxygen atoms in total. The van der Waals surface area contributed by atoms with Crippen molar-refractivity contribution in [1.82, 2.24) is 8.87 Å². The van der Waals surface area contributed by atoms with Gasteiger partial charge in [0.05, 0.1) is 12.1 Å². The lowest BCUT2D eigenvalue weighted by Crippen LogP contribution is -2.36. The summed E-state index contributed by atoms with van der Waals surface area (Å²) >= 11 is 5.93. The number of likely N-dealkylation sites (tertiary alicyclic amines) is 1. The zero-order chi connectivity index (χ0) is 22.5. The normalized spacial score (nSPS) is 15.7. The molecular weight excluding hydrogens is 440 g/mol. The van der Waals surface area contributed by atoms with E-state index < -0.39 is 11.0 Å². The van der Waals surface area contributed by atoms with Gasteiger partial charge in [-0.3, -0.25) is 0 Å². The molecule has 1 unspecified atom stereocenters. The first-order valence-corrected chi connectivity index (χ1v) is 12.2. The van der Waals surface area contributed by atoms with E-state index >= 15 is 0 Å². The molecule has 1 aliphatic rings. The molecule has 2 aromatic carbocycles. The second-order valence-corrected chi connectivity index (χ2v) is 9.58. The average molecular weight is 467 g/mol. The molecule has 1 saturated heterocycles. The molecule has 1 fully saturated rings. The van der Waals surface area contributed by atoms with Crippen LogP contribution in [0.4, 0.5) is 11.4 Å². The van der Waals surface area contributed by atoms with E-state index in [-0.39, 0.29) is 0 Å². The zero-order valence-corrected chi connectivity index (χ0v) is 19.7. The van der Waals surface area contributed by atoms with E-state index in [1.165, 1.54) is 5.41 Å². The van der Waals surface area contributed by atoms with Gasteiger partial charge in [-0.2, -0.15) is 0 Å². The Morgan fingerprint density at radius 2 is 1.97 bits per heavy atom. The number of hydrogen-bond acceptors (Lipinski definition) is 4. The summed E-state index contributed by atoms with van der Waals surface area (Å²) in [6, 6.07) is 16.0. The maximum Gasteiger partial charge on any atom is 0.150 e. The number of benzene rings is 2. The highest BCUT2D eigenvalue weighted by atomic mass is 35.5. The molecule has 0 saturated carbocycles. The van der Waals surface area contributed by atoms with Crippen molar-refractivity contribution in [3.05, 3.63) is 71.2 Å². The van der Waals surface area contributed by atoms with E-state index in [4.69, 9.17) is 11.6 Å². The van der Waals surface area contributed by atoms with Crippen LogP contribution in [0.15, 0.2) is 60.5 Å². The highest BCUT2D eigenvalue weighted by molar-refractivity contribution is 7.86. The lowest BCUT2D eigenvalue weighted by atomic mass is 10.0. The summed E-state index contributed by atoms with van der Waals surface area (Å²) in [4.78, 5) is 2.36. The molecule has 0 aliphatic carbocycles. The van der Waals surface area contributed by atoms with E-state index in [9.17, 15) is 4.21 Å². The second-order valence-electron chi connectivity index (χ2n) is 7.89. The molecule has 0 amide bonds. The third kappa shape index (κ3) is 5.18. The van der Waals surface area contributed by atoms with E-state index in [0.717, 1.165) is 48.2 Å². The van der Waals surface area contributed by atoms with Crippen LogP contribution < -0.4 is 10.6 Å². The van der Waals surface area contributed by atoms with Crippen molar-refractivity contribution in [1.29, 1.82) is 0 Å². The van der Waals surface area contributed by atoms with Crippen molar-refractivity contribution in [3.8, 4) is 11.8 Å². The monoisotopic (exact) mass is 466 g/mol. The maximum absolute atomic E-state index is 12.8. The Morgan fingerprint density at radius 1 is 1.22 bits per heavy atom. The number of rotatable bonds is 6. The van der Waals surface area contributed by atoms with Crippen LogP contribution in [-0.4, -0.2) is 45.8 Å². The van der Waals surface area contributed by atoms with E-state index in [1.54, 1.807) is 3.97 Å².